The van der Waals surface area contributed by atoms with Crippen molar-refractivity contribution in [1.29, 1.82) is 0 Å². The Balaban J connectivity index is 2.20. The molecule has 1 N–H and O–H groups in total. The molecule has 0 spiro atoms. The molecule has 0 unspecified atom stereocenters. The summed E-state index contributed by atoms with van der Waals surface area (Å²) in [6.07, 6.45) is 1.57. The molecule has 0 aliphatic carbocycles. The van der Waals surface area contributed by atoms with E-state index in [2.05, 4.69) is 15.3 Å². The molecule has 6 heteroatoms. The number of thiazole rings is 1. The van der Waals surface area contributed by atoms with Crippen molar-refractivity contribution in [3.05, 3.63) is 35.0 Å². The second-order valence-electron chi connectivity index (χ2n) is 3.31. The summed E-state index contributed by atoms with van der Waals surface area (Å²) in [5, 5.41) is 5.14. The van der Waals surface area contributed by atoms with E-state index in [4.69, 9.17) is 4.74 Å². The third-order valence-electron chi connectivity index (χ3n) is 2.05. The second kappa shape index (κ2) is 4.92. The molecule has 17 heavy (non-hydrogen) atoms. The fourth-order valence-corrected chi connectivity index (χ4v) is 1.99. The summed E-state index contributed by atoms with van der Waals surface area (Å²) in [6, 6.07) is 3.34. The van der Waals surface area contributed by atoms with Gasteiger partial charge in [-0.1, -0.05) is 0 Å². The maximum absolute atomic E-state index is 11.9. The normalized spacial score (nSPS) is 10.0. The number of anilines is 1. The molecule has 5 nitrogen and oxygen atoms in total. The van der Waals surface area contributed by atoms with Crippen molar-refractivity contribution in [1.82, 2.24) is 9.97 Å². The number of aromatic nitrogens is 2. The molecule has 0 saturated heterocycles. The van der Waals surface area contributed by atoms with Crippen molar-refractivity contribution in [3.8, 4) is 5.88 Å². The number of amides is 1. The van der Waals surface area contributed by atoms with E-state index in [0.29, 0.717) is 16.6 Å². The SMILES string of the molecule is COc1ncccc1C(=O)Nc1nc(C)cs1. The Hall–Kier alpha value is -1.95. The van der Waals surface area contributed by atoms with E-state index in [0.717, 1.165) is 5.69 Å². The fraction of sp³-hybridized carbons (Fsp3) is 0.182. The van der Waals surface area contributed by atoms with E-state index in [1.165, 1.54) is 18.4 Å². The summed E-state index contributed by atoms with van der Waals surface area (Å²) in [5.74, 6) is 0.0302. The van der Waals surface area contributed by atoms with Gasteiger partial charge in [-0.15, -0.1) is 11.3 Å². The van der Waals surface area contributed by atoms with E-state index in [1.807, 2.05) is 12.3 Å². The zero-order valence-electron chi connectivity index (χ0n) is 9.43. The first-order chi connectivity index (χ1) is 8.20. The minimum Gasteiger partial charge on any atom is -0.480 e. The van der Waals surface area contributed by atoms with Crippen LogP contribution in [0.5, 0.6) is 5.88 Å². The topological polar surface area (TPSA) is 64.1 Å². The zero-order chi connectivity index (χ0) is 12.3. The Morgan fingerprint density at radius 2 is 2.35 bits per heavy atom. The van der Waals surface area contributed by atoms with Gasteiger partial charge >= 0.3 is 0 Å². The Labute approximate surface area is 102 Å². The van der Waals surface area contributed by atoms with Crippen molar-refractivity contribution >= 4 is 22.4 Å². The molecule has 2 aromatic heterocycles. The van der Waals surface area contributed by atoms with E-state index in [-0.39, 0.29) is 5.91 Å². The zero-order valence-corrected chi connectivity index (χ0v) is 10.2. The highest BCUT2D eigenvalue weighted by Gasteiger charge is 2.13. The fourth-order valence-electron chi connectivity index (χ4n) is 1.30. The monoisotopic (exact) mass is 249 g/mol. The van der Waals surface area contributed by atoms with Gasteiger partial charge in [0.25, 0.3) is 5.91 Å². The van der Waals surface area contributed by atoms with Crippen LogP contribution in [0.3, 0.4) is 0 Å². The van der Waals surface area contributed by atoms with Crippen LogP contribution >= 0.6 is 11.3 Å². The molecule has 2 heterocycles. The Morgan fingerprint density at radius 1 is 1.53 bits per heavy atom. The molecule has 88 valence electrons. The van der Waals surface area contributed by atoms with E-state index in [1.54, 1.807) is 18.3 Å². The van der Waals surface area contributed by atoms with Crippen LogP contribution in [0.2, 0.25) is 0 Å². The van der Waals surface area contributed by atoms with Gasteiger partial charge in [-0.2, -0.15) is 0 Å². The number of nitrogens with zero attached hydrogens (tertiary/aromatic N) is 2. The number of aryl methyl sites for hydroxylation is 1. The lowest BCUT2D eigenvalue weighted by molar-refractivity contribution is 0.102. The maximum Gasteiger partial charge on any atom is 0.262 e. The molecule has 0 fully saturated rings. The van der Waals surface area contributed by atoms with Crippen molar-refractivity contribution in [2.24, 2.45) is 0 Å². The van der Waals surface area contributed by atoms with Crippen LogP contribution in [0.25, 0.3) is 0 Å². The predicted molar refractivity (Wildman–Crippen MR) is 65.6 cm³/mol. The van der Waals surface area contributed by atoms with E-state index in [9.17, 15) is 4.79 Å². The molecule has 0 radical (unpaired) electrons. The first-order valence-electron chi connectivity index (χ1n) is 4.93. The quantitative estimate of drug-likeness (QED) is 0.904. The number of nitrogens with one attached hydrogen (secondary N) is 1. The number of carbonyl (C=O) groups is 1. The highest BCUT2D eigenvalue weighted by atomic mass is 32.1. The molecule has 0 saturated carbocycles. The first kappa shape index (κ1) is 11.5. The molecular formula is C11H11N3O2S. The van der Waals surface area contributed by atoms with Crippen LogP contribution in [0.4, 0.5) is 5.13 Å². The third kappa shape index (κ3) is 2.59. The number of pyridine rings is 1. The summed E-state index contributed by atoms with van der Waals surface area (Å²) >= 11 is 1.38. The highest BCUT2D eigenvalue weighted by molar-refractivity contribution is 7.13. The number of carbonyl (C=O) groups excluding carboxylic acids is 1. The average molecular weight is 249 g/mol. The molecule has 2 rings (SSSR count). The first-order valence-corrected chi connectivity index (χ1v) is 5.81. The standard InChI is InChI=1S/C11H11N3O2S/c1-7-6-17-11(13-7)14-9(15)8-4-3-5-12-10(8)16-2/h3-6H,1-2H3,(H,13,14,15). The predicted octanol–water partition coefficient (Wildman–Crippen LogP) is 2.11. The molecule has 0 atom stereocenters. The molecule has 2 aromatic rings. The van der Waals surface area contributed by atoms with Gasteiger partial charge in [-0.25, -0.2) is 9.97 Å². The van der Waals surface area contributed by atoms with Gasteiger partial charge < -0.3 is 4.74 Å². The van der Waals surface area contributed by atoms with Gasteiger partial charge in [0.1, 0.15) is 5.56 Å². The van der Waals surface area contributed by atoms with Crippen molar-refractivity contribution in [3.63, 3.8) is 0 Å². The molecule has 1 amide bonds. The largest absolute Gasteiger partial charge is 0.480 e. The Kier molecular flexibility index (Phi) is 3.34. The molecule has 0 aliphatic rings. The van der Waals surface area contributed by atoms with E-state index < -0.39 is 0 Å². The van der Waals surface area contributed by atoms with E-state index >= 15 is 0 Å². The minimum atomic E-state index is -0.274. The number of methoxy groups -OCH3 is 1. The number of rotatable bonds is 3. The lowest BCUT2D eigenvalue weighted by atomic mass is 10.2. The summed E-state index contributed by atoms with van der Waals surface area (Å²) < 4.78 is 5.02. The van der Waals surface area contributed by atoms with Crippen LogP contribution in [0.1, 0.15) is 16.1 Å². The molecule has 0 aromatic carbocycles. The van der Waals surface area contributed by atoms with Gasteiger partial charge in [0.2, 0.25) is 5.88 Å². The molecule has 0 aliphatic heterocycles. The maximum atomic E-state index is 11.9. The summed E-state index contributed by atoms with van der Waals surface area (Å²) in [7, 11) is 1.48. The molecular weight excluding hydrogens is 238 g/mol. The summed E-state index contributed by atoms with van der Waals surface area (Å²) in [4.78, 5) is 20.1. The Bertz CT molecular complexity index is 539. The van der Waals surface area contributed by atoms with Crippen molar-refractivity contribution < 1.29 is 9.53 Å². The van der Waals surface area contributed by atoms with Gasteiger partial charge in [0.15, 0.2) is 5.13 Å². The van der Waals surface area contributed by atoms with Crippen molar-refractivity contribution in [2.45, 2.75) is 6.92 Å². The van der Waals surface area contributed by atoms with Gasteiger partial charge in [-0.3, -0.25) is 10.1 Å². The second-order valence-corrected chi connectivity index (χ2v) is 4.17. The third-order valence-corrected chi connectivity index (χ3v) is 2.92. The summed E-state index contributed by atoms with van der Waals surface area (Å²) in [6.45, 7) is 1.87. The average Bonchev–Trinajstić information content (AvgIpc) is 2.74. The minimum absolute atomic E-state index is 0.274. The van der Waals surface area contributed by atoms with Crippen molar-refractivity contribution in [2.75, 3.05) is 12.4 Å². The van der Waals surface area contributed by atoms with Crippen LogP contribution in [-0.4, -0.2) is 23.0 Å². The Morgan fingerprint density at radius 3 is 3.00 bits per heavy atom. The van der Waals surface area contributed by atoms with Crippen LogP contribution < -0.4 is 10.1 Å². The number of hydrogen-bond donors (Lipinski definition) is 1. The van der Waals surface area contributed by atoms with Crippen LogP contribution in [0.15, 0.2) is 23.7 Å². The number of ether oxygens (including phenoxy) is 1. The van der Waals surface area contributed by atoms with Crippen LogP contribution in [-0.2, 0) is 0 Å². The van der Waals surface area contributed by atoms with Gasteiger partial charge in [0, 0.05) is 11.6 Å². The lowest BCUT2D eigenvalue weighted by Gasteiger charge is -2.05. The van der Waals surface area contributed by atoms with Gasteiger partial charge in [-0.05, 0) is 19.1 Å². The van der Waals surface area contributed by atoms with Crippen LogP contribution in [0, 0.1) is 6.92 Å². The molecule has 0 bridgehead atoms. The number of hydrogen-bond acceptors (Lipinski definition) is 5. The summed E-state index contributed by atoms with van der Waals surface area (Å²) in [5.41, 5.74) is 1.27. The highest BCUT2D eigenvalue weighted by Crippen LogP contribution is 2.18. The van der Waals surface area contributed by atoms with Gasteiger partial charge in [0.05, 0.1) is 12.8 Å². The lowest BCUT2D eigenvalue weighted by Crippen LogP contribution is -2.13. The smallest absolute Gasteiger partial charge is 0.262 e.